The van der Waals surface area contributed by atoms with E-state index in [1.807, 2.05) is 19.9 Å². The average molecular weight is 421 g/mol. The van der Waals surface area contributed by atoms with Gasteiger partial charge in [0.15, 0.2) is 0 Å². The van der Waals surface area contributed by atoms with Crippen LogP contribution in [0.1, 0.15) is 39.5 Å². The molecule has 0 saturated carbocycles. The third-order valence-electron chi connectivity index (χ3n) is 4.26. The van der Waals surface area contributed by atoms with E-state index in [4.69, 9.17) is 16.4 Å². The fourth-order valence-electron chi connectivity index (χ4n) is 2.64. The Balaban J connectivity index is 0.000000442. The van der Waals surface area contributed by atoms with E-state index in [0.717, 1.165) is 35.9 Å². The zero-order valence-corrected chi connectivity index (χ0v) is 18.4. The first-order valence-corrected chi connectivity index (χ1v) is 10.4. The van der Waals surface area contributed by atoms with Crippen LogP contribution in [-0.4, -0.2) is 48.4 Å². The van der Waals surface area contributed by atoms with Crippen molar-refractivity contribution in [2.24, 2.45) is 5.92 Å². The Morgan fingerprint density at radius 2 is 1.86 bits per heavy atom. The molecule has 29 heavy (non-hydrogen) atoms. The van der Waals surface area contributed by atoms with Gasteiger partial charge in [0.05, 0.1) is 23.1 Å². The maximum absolute atomic E-state index is 8.00. The van der Waals surface area contributed by atoms with E-state index in [0.29, 0.717) is 10.9 Å². The van der Waals surface area contributed by atoms with Gasteiger partial charge in [0.1, 0.15) is 18.4 Å². The number of pyridine rings is 1. The molecule has 3 heterocycles. The Morgan fingerprint density at radius 1 is 1.14 bits per heavy atom. The van der Waals surface area contributed by atoms with Crippen LogP contribution in [0.15, 0.2) is 24.7 Å². The number of halogens is 1. The molecule has 0 bridgehead atoms. The second kappa shape index (κ2) is 14.7. The predicted molar refractivity (Wildman–Crippen MR) is 122 cm³/mol. The normalized spacial score (nSPS) is 12.9. The number of carbonyl (C=O) groups is 1. The molecule has 2 aromatic rings. The Labute approximate surface area is 179 Å². The third kappa shape index (κ3) is 9.67. The van der Waals surface area contributed by atoms with Crippen LogP contribution in [0.2, 0.25) is 5.02 Å². The van der Waals surface area contributed by atoms with Crippen LogP contribution in [0.5, 0.6) is 0 Å². The number of nitrogens with one attached hydrogen (secondary N) is 3. The molecule has 0 unspecified atom stereocenters. The summed E-state index contributed by atoms with van der Waals surface area (Å²) in [6.07, 6.45) is 10.3. The van der Waals surface area contributed by atoms with Crippen LogP contribution in [0.3, 0.4) is 0 Å². The SMILES string of the molecule is C1CCNCC1.C=O.CNc1cc(-c2cncc(NCCC(C)C)n2)c(Cl)cn1. The van der Waals surface area contributed by atoms with Crippen molar-refractivity contribution < 1.29 is 4.79 Å². The first kappa shape index (κ1) is 24.8. The molecule has 8 heteroatoms. The summed E-state index contributed by atoms with van der Waals surface area (Å²) in [6, 6.07) is 1.87. The lowest BCUT2D eigenvalue weighted by Gasteiger charge is -2.10. The molecule has 0 aliphatic carbocycles. The van der Waals surface area contributed by atoms with Gasteiger partial charge in [0.2, 0.25) is 0 Å². The number of aromatic nitrogens is 3. The van der Waals surface area contributed by atoms with Gasteiger partial charge in [-0.05, 0) is 44.3 Å². The van der Waals surface area contributed by atoms with Gasteiger partial charge < -0.3 is 20.7 Å². The maximum Gasteiger partial charge on any atom is 0.145 e. The summed E-state index contributed by atoms with van der Waals surface area (Å²) in [5, 5.41) is 10.1. The Bertz CT molecular complexity index is 698. The summed E-state index contributed by atoms with van der Waals surface area (Å²) >= 11 is 6.21. The lowest BCUT2D eigenvalue weighted by molar-refractivity contribution is -0.0979. The largest absolute Gasteiger partial charge is 0.373 e. The van der Waals surface area contributed by atoms with Crippen LogP contribution >= 0.6 is 11.6 Å². The third-order valence-corrected chi connectivity index (χ3v) is 4.56. The highest BCUT2D eigenvalue weighted by Gasteiger charge is 2.08. The molecule has 7 nitrogen and oxygen atoms in total. The zero-order chi connectivity index (χ0) is 21.5. The number of nitrogens with zero attached hydrogens (tertiary/aromatic N) is 3. The first-order chi connectivity index (χ1) is 14.1. The fourth-order valence-corrected chi connectivity index (χ4v) is 2.84. The molecule has 3 rings (SSSR count). The van der Waals surface area contributed by atoms with E-state index in [-0.39, 0.29) is 0 Å². The van der Waals surface area contributed by atoms with Crippen molar-refractivity contribution >= 4 is 30.0 Å². The highest BCUT2D eigenvalue weighted by molar-refractivity contribution is 6.33. The summed E-state index contributed by atoms with van der Waals surface area (Å²) in [4.78, 5) is 21.0. The van der Waals surface area contributed by atoms with Crippen LogP contribution < -0.4 is 16.0 Å². The van der Waals surface area contributed by atoms with E-state index in [2.05, 4.69) is 44.7 Å². The van der Waals surface area contributed by atoms with Crippen LogP contribution in [-0.2, 0) is 4.79 Å². The zero-order valence-electron chi connectivity index (χ0n) is 17.7. The van der Waals surface area contributed by atoms with Gasteiger partial charge in [-0.2, -0.15) is 0 Å². The fraction of sp³-hybridized carbons (Fsp3) is 0.524. The monoisotopic (exact) mass is 420 g/mol. The van der Waals surface area contributed by atoms with Crippen molar-refractivity contribution in [3.8, 4) is 11.3 Å². The smallest absolute Gasteiger partial charge is 0.145 e. The predicted octanol–water partition coefficient (Wildman–Crippen LogP) is 4.27. The lowest BCUT2D eigenvalue weighted by Crippen LogP contribution is -2.21. The highest BCUT2D eigenvalue weighted by Crippen LogP contribution is 2.27. The molecule has 0 radical (unpaired) electrons. The van der Waals surface area contributed by atoms with E-state index in [9.17, 15) is 0 Å². The molecule has 160 valence electrons. The minimum Gasteiger partial charge on any atom is -0.373 e. The van der Waals surface area contributed by atoms with Gasteiger partial charge in [0, 0.05) is 25.4 Å². The van der Waals surface area contributed by atoms with Crippen molar-refractivity contribution in [3.63, 3.8) is 0 Å². The standard InChI is InChI=1S/C15H20ClN5.C5H11N.CH2O/c1-10(2)4-5-19-15-9-18-8-13(21-15)11-6-14(17-3)20-7-12(11)16;1-2-4-6-5-3-1;1-2/h6-10H,4-5H2,1-3H3,(H,17,20)(H,19,21);6H,1-5H2;1H2. The lowest BCUT2D eigenvalue weighted by atomic mass is 10.1. The number of carbonyl (C=O) groups excluding carboxylic acids is 1. The Hall–Kier alpha value is -2.25. The highest BCUT2D eigenvalue weighted by atomic mass is 35.5. The summed E-state index contributed by atoms with van der Waals surface area (Å²) in [5.41, 5.74) is 1.55. The molecule has 3 N–H and O–H groups in total. The maximum atomic E-state index is 8.00. The summed E-state index contributed by atoms with van der Waals surface area (Å²) in [5.74, 6) is 2.16. The molecule has 1 aliphatic heterocycles. The van der Waals surface area contributed by atoms with Crippen molar-refractivity contribution in [1.82, 2.24) is 20.3 Å². The molecule has 1 saturated heterocycles. The molecule has 0 spiro atoms. The van der Waals surface area contributed by atoms with Gasteiger partial charge in [-0.25, -0.2) is 9.97 Å². The van der Waals surface area contributed by atoms with Gasteiger partial charge in [-0.1, -0.05) is 31.9 Å². The van der Waals surface area contributed by atoms with E-state index in [1.54, 1.807) is 18.6 Å². The van der Waals surface area contributed by atoms with Crippen LogP contribution in [0, 0.1) is 5.92 Å². The molecule has 2 aromatic heterocycles. The van der Waals surface area contributed by atoms with Crippen molar-refractivity contribution in [2.75, 3.05) is 37.3 Å². The van der Waals surface area contributed by atoms with Gasteiger partial charge in [-0.3, -0.25) is 4.98 Å². The van der Waals surface area contributed by atoms with Gasteiger partial charge in [0.25, 0.3) is 0 Å². The Morgan fingerprint density at radius 3 is 2.41 bits per heavy atom. The summed E-state index contributed by atoms with van der Waals surface area (Å²) in [7, 11) is 1.82. The molecule has 1 fully saturated rings. The number of piperidine rings is 1. The number of rotatable bonds is 6. The molecule has 0 amide bonds. The number of hydrogen-bond acceptors (Lipinski definition) is 7. The van der Waals surface area contributed by atoms with Gasteiger partial charge >= 0.3 is 0 Å². The second-order valence-corrected chi connectivity index (χ2v) is 7.42. The minimum atomic E-state index is 0.558. The van der Waals surface area contributed by atoms with Crippen LogP contribution in [0.25, 0.3) is 11.3 Å². The molecule has 0 aromatic carbocycles. The van der Waals surface area contributed by atoms with E-state index in [1.165, 1.54) is 32.4 Å². The Kier molecular flexibility index (Phi) is 12.6. The average Bonchev–Trinajstić information content (AvgIpc) is 2.77. The van der Waals surface area contributed by atoms with Crippen molar-refractivity contribution in [2.45, 2.75) is 39.5 Å². The van der Waals surface area contributed by atoms with E-state index < -0.39 is 0 Å². The molecule has 0 atom stereocenters. The van der Waals surface area contributed by atoms with E-state index >= 15 is 0 Å². The quantitative estimate of drug-likeness (QED) is 0.642. The molecular formula is C21H33ClN6O. The topological polar surface area (TPSA) is 91.8 Å². The summed E-state index contributed by atoms with van der Waals surface area (Å²) < 4.78 is 0. The minimum absolute atomic E-state index is 0.558. The number of hydrogen-bond donors (Lipinski definition) is 3. The summed E-state index contributed by atoms with van der Waals surface area (Å²) in [6.45, 7) is 9.77. The molecule has 1 aliphatic rings. The molecular weight excluding hydrogens is 388 g/mol. The van der Waals surface area contributed by atoms with Crippen LogP contribution in [0.4, 0.5) is 11.6 Å². The second-order valence-electron chi connectivity index (χ2n) is 7.01. The van der Waals surface area contributed by atoms with Gasteiger partial charge in [-0.15, -0.1) is 0 Å². The van der Waals surface area contributed by atoms with Crippen molar-refractivity contribution in [3.05, 3.63) is 29.7 Å². The number of anilines is 2. The first-order valence-electron chi connectivity index (χ1n) is 9.99. The van der Waals surface area contributed by atoms with Crippen molar-refractivity contribution in [1.29, 1.82) is 0 Å².